The predicted molar refractivity (Wildman–Crippen MR) is 122 cm³/mol. The van der Waals surface area contributed by atoms with Gasteiger partial charge < -0.3 is 15.0 Å². The second-order valence-electron chi connectivity index (χ2n) is 7.32. The van der Waals surface area contributed by atoms with Gasteiger partial charge in [0, 0.05) is 29.7 Å². The number of halogens is 3. The second-order valence-corrected chi connectivity index (χ2v) is 8.73. The fourth-order valence-electron chi connectivity index (χ4n) is 3.31. The lowest BCUT2D eigenvalue weighted by molar-refractivity contribution is -0.132. The van der Waals surface area contributed by atoms with Gasteiger partial charge in [0.05, 0.1) is 12.8 Å². The molecule has 3 rings (SSSR count). The Balaban J connectivity index is 1.58. The number of methoxy groups -OCH3 is 1. The van der Waals surface area contributed by atoms with Crippen LogP contribution in [0.5, 0.6) is 5.75 Å². The Kier molecular flexibility index (Phi) is 8.63. The Labute approximate surface area is 198 Å². The number of nitrogens with zero attached hydrogens (tertiary/aromatic N) is 1. The van der Waals surface area contributed by atoms with Crippen molar-refractivity contribution in [2.24, 2.45) is 0 Å². The molecule has 1 atom stereocenters. The van der Waals surface area contributed by atoms with Gasteiger partial charge in [-0.15, -0.1) is 0 Å². The number of thioether (sulfide) groups is 1. The van der Waals surface area contributed by atoms with E-state index in [1.807, 2.05) is 0 Å². The third-order valence-corrected chi connectivity index (χ3v) is 6.24. The number of urea groups is 1. The van der Waals surface area contributed by atoms with Crippen molar-refractivity contribution in [3.63, 3.8) is 0 Å². The van der Waals surface area contributed by atoms with Crippen LogP contribution in [0.2, 0.25) is 0 Å². The molecule has 0 spiro atoms. The van der Waals surface area contributed by atoms with E-state index in [0.717, 1.165) is 6.07 Å². The Morgan fingerprint density at radius 2 is 1.94 bits per heavy atom. The summed E-state index contributed by atoms with van der Waals surface area (Å²) in [5, 5.41) is 2.76. The van der Waals surface area contributed by atoms with Crippen LogP contribution in [0.3, 0.4) is 0 Å². The summed E-state index contributed by atoms with van der Waals surface area (Å²) in [5.41, 5.74) is 4.12. The van der Waals surface area contributed by atoms with Gasteiger partial charge in [0.2, 0.25) is 0 Å². The fourth-order valence-corrected chi connectivity index (χ4v) is 4.56. The number of benzene rings is 2. The van der Waals surface area contributed by atoms with Gasteiger partial charge in [-0.3, -0.25) is 20.4 Å². The van der Waals surface area contributed by atoms with Gasteiger partial charge in [-0.05, 0) is 36.2 Å². The van der Waals surface area contributed by atoms with Gasteiger partial charge in [-0.2, -0.15) is 20.5 Å². The number of para-hydroxylation sites is 2. The van der Waals surface area contributed by atoms with Crippen LogP contribution in [-0.2, 0) is 11.2 Å². The lowest BCUT2D eigenvalue weighted by atomic mass is 10.1. The minimum Gasteiger partial charge on any atom is -0.495 e. The molecule has 34 heavy (non-hydrogen) atoms. The van der Waals surface area contributed by atoms with Crippen molar-refractivity contribution in [3.8, 4) is 5.75 Å². The zero-order valence-electron chi connectivity index (χ0n) is 18.1. The average Bonchev–Trinajstić information content (AvgIpc) is 2.84. The Morgan fingerprint density at radius 1 is 1.18 bits per heavy atom. The first-order valence-electron chi connectivity index (χ1n) is 10.3. The number of carbonyl (C=O) groups is 3. The molecule has 1 saturated heterocycles. The van der Waals surface area contributed by atoms with Crippen molar-refractivity contribution in [2.75, 3.05) is 31.3 Å². The number of nitrogens with one attached hydrogen (secondary N) is 3. The van der Waals surface area contributed by atoms with E-state index in [9.17, 15) is 27.6 Å². The van der Waals surface area contributed by atoms with Crippen LogP contribution in [0.25, 0.3) is 0 Å². The highest BCUT2D eigenvalue weighted by Gasteiger charge is 2.26. The van der Waals surface area contributed by atoms with Gasteiger partial charge in [-0.25, -0.2) is 9.18 Å². The Hall–Kier alpha value is -3.41. The molecule has 1 unspecified atom stereocenters. The van der Waals surface area contributed by atoms with E-state index in [0.29, 0.717) is 42.3 Å². The van der Waals surface area contributed by atoms with Crippen LogP contribution in [0, 0.1) is 5.82 Å². The smallest absolute Gasteiger partial charge is 0.322 e. The number of hydrogen-bond acceptors (Lipinski definition) is 5. The van der Waals surface area contributed by atoms with Gasteiger partial charge in [0.1, 0.15) is 11.6 Å². The topological polar surface area (TPSA) is 99.8 Å². The summed E-state index contributed by atoms with van der Waals surface area (Å²) in [6, 6.07) is 10.5. The molecule has 8 nitrogen and oxygen atoms in total. The summed E-state index contributed by atoms with van der Waals surface area (Å²) >= 11 is 1.62. The van der Waals surface area contributed by atoms with E-state index in [2.05, 4.69) is 5.32 Å². The molecule has 1 aliphatic heterocycles. The largest absolute Gasteiger partial charge is 0.495 e. The van der Waals surface area contributed by atoms with Gasteiger partial charge in [-0.1, -0.05) is 18.2 Å². The first kappa shape index (κ1) is 25.2. The number of carbonyl (C=O) groups excluding carboxylic acids is 3. The number of alkyl halides is 2. The molecular weight excluding hydrogens is 473 g/mol. The molecule has 0 saturated carbocycles. The minimum absolute atomic E-state index is 0.0725. The Bertz CT molecular complexity index is 1060. The molecule has 0 aromatic heterocycles. The van der Waals surface area contributed by atoms with Crippen molar-refractivity contribution in [1.82, 2.24) is 15.8 Å². The number of hydrazine groups is 1. The standard InChI is InChI=1S/C22H23F3N4O4S/c1-33-18-5-3-2-4-17(18)26-22(32)29-8-9-34-15(12-29)10-13-6-7-14(11-16(13)23)20(30)27-28-21(31)19(24)25/h2-7,11,15,19H,8-10,12H2,1H3,(H,26,32)(H,27,30)(H,28,31). The molecule has 12 heteroatoms. The second kappa shape index (κ2) is 11.6. The van der Waals surface area contributed by atoms with Gasteiger partial charge in [0.25, 0.3) is 5.91 Å². The van der Waals surface area contributed by atoms with Crippen molar-refractivity contribution in [2.45, 2.75) is 18.1 Å². The SMILES string of the molecule is COc1ccccc1NC(=O)N1CCSC(Cc2ccc(C(=O)NNC(=O)C(F)F)cc2F)C1. The minimum atomic E-state index is -3.29. The van der Waals surface area contributed by atoms with E-state index in [1.54, 1.807) is 51.8 Å². The molecule has 0 aliphatic carbocycles. The maximum absolute atomic E-state index is 14.6. The first-order chi connectivity index (χ1) is 16.3. The fraction of sp³-hybridized carbons (Fsp3) is 0.318. The summed E-state index contributed by atoms with van der Waals surface area (Å²) in [6.45, 7) is 0.932. The zero-order chi connectivity index (χ0) is 24.7. The van der Waals surface area contributed by atoms with Crippen molar-refractivity contribution in [1.29, 1.82) is 0 Å². The maximum Gasteiger partial charge on any atom is 0.322 e. The van der Waals surface area contributed by atoms with Crippen LogP contribution in [0.15, 0.2) is 42.5 Å². The average molecular weight is 497 g/mol. The summed E-state index contributed by atoms with van der Waals surface area (Å²) in [5.74, 6) is -2.02. The van der Waals surface area contributed by atoms with Crippen molar-refractivity contribution < 1.29 is 32.3 Å². The third kappa shape index (κ3) is 6.56. The summed E-state index contributed by atoms with van der Waals surface area (Å²) in [6.07, 6.45) is -2.97. The maximum atomic E-state index is 14.6. The molecule has 3 N–H and O–H groups in total. The van der Waals surface area contributed by atoms with Crippen LogP contribution < -0.4 is 20.9 Å². The van der Waals surface area contributed by atoms with Crippen LogP contribution >= 0.6 is 11.8 Å². The molecule has 0 radical (unpaired) electrons. The summed E-state index contributed by atoms with van der Waals surface area (Å²) < 4.78 is 44.2. The normalized spacial score (nSPS) is 15.6. The summed E-state index contributed by atoms with van der Waals surface area (Å²) in [4.78, 5) is 37.2. The lowest BCUT2D eigenvalue weighted by Crippen LogP contribution is -2.45. The number of rotatable bonds is 6. The predicted octanol–water partition coefficient (Wildman–Crippen LogP) is 3.05. The number of hydrogen-bond donors (Lipinski definition) is 3. The highest BCUT2D eigenvalue weighted by molar-refractivity contribution is 8.00. The molecule has 1 fully saturated rings. The van der Waals surface area contributed by atoms with E-state index >= 15 is 0 Å². The van der Waals surface area contributed by atoms with Crippen LogP contribution in [-0.4, -0.2) is 60.4 Å². The molecule has 182 valence electrons. The zero-order valence-corrected chi connectivity index (χ0v) is 19.0. The monoisotopic (exact) mass is 496 g/mol. The third-order valence-electron chi connectivity index (χ3n) is 5.03. The number of anilines is 1. The number of amides is 4. The number of ether oxygens (including phenoxy) is 1. The highest BCUT2D eigenvalue weighted by atomic mass is 32.2. The van der Waals surface area contributed by atoms with Gasteiger partial charge in [0.15, 0.2) is 0 Å². The molecule has 2 aromatic rings. The molecule has 2 aromatic carbocycles. The molecule has 0 bridgehead atoms. The van der Waals surface area contributed by atoms with Crippen molar-refractivity contribution >= 4 is 35.3 Å². The quantitative estimate of drug-likeness (QED) is 0.534. The Morgan fingerprint density at radius 3 is 2.65 bits per heavy atom. The van der Waals surface area contributed by atoms with Gasteiger partial charge >= 0.3 is 18.4 Å². The molecule has 1 heterocycles. The first-order valence-corrected chi connectivity index (χ1v) is 11.3. The van der Waals surface area contributed by atoms with Crippen molar-refractivity contribution in [3.05, 3.63) is 59.4 Å². The van der Waals surface area contributed by atoms with Crippen LogP contribution in [0.4, 0.5) is 23.7 Å². The molecule has 4 amide bonds. The van der Waals surface area contributed by atoms with E-state index in [-0.39, 0.29) is 16.8 Å². The molecular formula is C22H23F3N4O4S. The summed E-state index contributed by atoms with van der Waals surface area (Å²) in [7, 11) is 1.52. The lowest BCUT2D eigenvalue weighted by Gasteiger charge is -2.32. The van der Waals surface area contributed by atoms with Crippen LogP contribution in [0.1, 0.15) is 15.9 Å². The van der Waals surface area contributed by atoms with E-state index < -0.39 is 24.1 Å². The van der Waals surface area contributed by atoms with E-state index in [4.69, 9.17) is 4.74 Å². The van der Waals surface area contributed by atoms with E-state index in [1.165, 1.54) is 19.2 Å². The molecule has 1 aliphatic rings. The highest BCUT2D eigenvalue weighted by Crippen LogP contribution is 2.27.